The van der Waals surface area contributed by atoms with Crippen LogP contribution in [-0.2, 0) is 24.6 Å². The number of likely N-dealkylation sites (tertiary alicyclic amines) is 1. The molecule has 0 aliphatic carbocycles. The van der Waals surface area contributed by atoms with Gasteiger partial charge in [0.15, 0.2) is 0 Å². The first-order valence-corrected chi connectivity index (χ1v) is 11.2. The Morgan fingerprint density at radius 1 is 1.29 bits per heavy atom. The Kier molecular flexibility index (Phi) is 9.19. The zero-order valence-electron chi connectivity index (χ0n) is 19.2. The van der Waals surface area contributed by atoms with Gasteiger partial charge in [-0.05, 0) is 18.7 Å². The van der Waals surface area contributed by atoms with Crippen molar-refractivity contribution in [3.63, 3.8) is 0 Å². The van der Waals surface area contributed by atoms with Gasteiger partial charge in [0, 0.05) is 44.2 Å². The first-order chi connectivity index (χ1) is 16.4. The Bertz CT molecular complexity index is 900. The molecule has 3 heterocycles. The van der Waals surface area contributed by atoms with Crippen LogP contribution in [0, 0.1) is 0 Å². The fourth-order valence-corrected chi connectivity index (χ4v) is 3.81. The third kappa shape index (κ3) is 6.89. The van der Waals surface area contributed by atoms with Crippen molar-refractivity contribution in [1.29, 1.82) is 0 Å². The lowest BCUT2D eigenvalue weighted by Crippen LogP contribution is -2.52. The summed E-state index contributed by atoms with van der Waals surface area (Å²) in [5, 5.41) is 16.7. The van der Waals surface area contributed by atoms with Gasteiger partial charge in [0.2, 0.25) is 0 Å². The highest BCUT2D eigenvalue weighted by Gasteiger charge is 2.45. The summed E-state index contributed by atoms with van der Waals surface area (Å²) in [6.45, 7) is 3.05. The minimum Gasteiger partial charge on any atom is -0.480 e. The number of pyridine rings is 1. The Hall–Kier alpha value is -3.22. The van der Waals surface area contributed by atoms with Gasteiger partial charge in [-0.1, -0.05) is 12.2 Å². The normalized spacial score (nSPS) is 16.7. The van der Waals surface area contributed by atoms with Crippen LogP contribution in [0.4, 0.5) is 15.4 Å². The molecule has 0 bridgehead atoms. The molecule has 2 aliphatic heterocycles. The molecule has 0 saturated carbocycles. The van der Waals surface area contributed by atoms with Gasteiger partial charge in [0.25, 0.3) is 0 Å². The number of carbonyl (C=O) groups excluding carboxylic acids is 2. The highest BCUT2D eigenvalue weighted by atomic mass is 16.6. The third-order valence-electron chi connectivity index (χ3n) is 5.55. The number of urea groups is 1. The Balaban J connectivity index is 1.58. The first-order valence-electron chi connectivity index (χ1n) is 11.2. The summed E-state index contributed by atoms with van der Waals surface area (Å²) in [7, 11) is 1.87. The lowest BCUT2D eigenvalue weighted by Gasteiger charge is -2.43. The molecule has 1 saturated heterocycles. The molecule has 1 fully saturated rings. The number of piperidine rings is 1. The third-order valence-corrected chi connectivity index (χ3v) is 5.55. The van der Waals surface area contributed by atoms with Crippen LogP contribution in [0.15, 0.2) is 18.3 Å². The number of ether oxygens (including phenoxy) is 3. The van der Waals surface area contributed by atoms with Crippen LogP contribution in [0.5, 0.6) is 0 Å². The molecule has 3 rings (SSSR count). The molecule has 12 nitrogen and oxygen atoms in total. The number of aromatic nitrogens is 1. The topological polar surface area (TPSA) is 151 Å². The van der Waals surface area contributed by atoms with Gasteiger partial charge in [-0.3, -0.25) is 10.1 Å². The van der Waals surface area contributed by atoms with E-state index in [9.17, 15) is 14.4 Å². The zero-order valence-corrected chi connectivity index (χ0v) is 19.2. The standard InChI is InChI=1S/C22H31N5O7/c1-23-6-10-33-12-11-32-9-2-3-16-13-17-19(24-14-16)26-21(31)34-22(17)4-7-27(8-5-22)20(30)25-15-18(28)29/h2-3,13-14,23H,4-12,15H2,1H3,(H,25,30)(H,28,29)(H,24,26,31)/b3-2+. The molecule has 186 valence electrons. The van der Waals surface area contributed by atoms with Crippen molar-refractivity contribution in [2.75, 3.05) is 65.0 Å². The van der Waals surface area contributed by atoms with Crippen molar-refractivity contribution >= 4 is 30.0 Å². The number of hydrogen-bond acceptors (Lipinski definition) is 8. The lowest BCUT2D eigenvalue weighted by atomic mass is 9.83. The maximum atomic E-state index is 12.2. The molecule has 12 heteroatoms. The summed E-state index contributed by atoms with van der Waals surface area (Å²) in [6, 6.07) is 1.46. The van der Waals surface area contributed by atoms with E-state index in [1.54, 1.807) is 6.20 Å². The fourth-order valence-electron chi connectivity index (χ4n) is 3.81. The molecule has 1 aromatic rings. The number of nitrogens with zero attached hydrogens (tertiary/aromatic N) is 2. The van der Waals surface area contributed by atoms with E-state index in [0.717, 1.165) is 17.7 Å². The van der Waals surface area contributed by atoms with E-state index in [-0.39, 0.29) is 0 Å². The zero-order chi connectivity index (χ0) is 24.4. The van der Waals surface area contributed by atoms with Crippen molar-refractivity contribution in [1.82, 2.24) is 20.5 Å². The number of likely N-dealkylation sites (N-methyl/N-ethyl adjacent to an activating group) is 1. The summed E-state index contributed by atoms with van der Waals surface area (Å²) in [5.41, 5.74) is 0.672. The minimum absolute atomic E-state index is 0.308. The average Bonchev–Trinajstić information content (AvgIpc) is 2.82. The largest absolute Gasteiger partial charge is 0.480 e. The molecule has 3 amide bonds. The van der Waals surface area contributed by atoms with Crippen LogP contribution < -0.4 is 16.0 Å². The van der Waals surface area contributed by atoms with E-state index in [4.69, 9.17) is 19.3 Å². The number of hydrogen-bond donors (Lipinski definition) is 4. The van der Waals surface area contributed by atoms with E-state index in [2.05, 4.69) is 20.9 Å². The molecule has 0 unspecified atom stereocenters. The van der Waals surface area contributed by atoms with Gasteiger partial charge in [-0.15, -0.1) is 0 Å². The summed E-state index contributed by atoms with van der Waals surface area (Å²) in [5.74, 6) is -0.676. The predicted molar refractivity (Wildman–Crippen MR) is 122 cm³/mol. The number of fused-ring (bicyclic) bond motifs is 2. The predicted octanol–water partition coefficient (Wildman–Crippen LogP) is 0.995. The highest BCUT2D eigenvalue weighted by molar-refractivity contribution is 5.87. The van der Waals surface area contributed by atoms with E-state index in [1.807, 2.05) is 25.3 Å². The van der Waals surface area contributed by atoms with Crippen molar-refractivity contribution in [3.05, 3.63) is 29.5 Å². The van der Waals surface area contributed by atoms with Crippen LogP contribution >= 0.6 is 0 Å². The van der Waals surface area contributed by atoms with E-state index in [0.29, 0.717) is 58.2 Å². The Labute approximate surface area is 197 Å². The van der Waals surface area contributed by atoms with Crippen LogP contribution in [0.25, 0.3) is 6.08 Å². The van der Waals surface area contributed by atoms with Crippen LogP contribution in [0.3, 0.4) is 0 Å². The molecule has 1 spiro atoms. The summed E-state index contributed by atoms with van der Waals surface area (Å²) in [6.07, 6.45) is 5.58. The lowest BCUT2D eigenvalue weighted by molar-refractivity contribution is -0.135. The molecule has 4 N–H and O–H groups in total. The van der Waals surface area contributed by atoms with Gasteiger partial charge < -0.3 is 34.9 Å². The molecule has 0 atom stereocenters. The highest BCUT2D eigenvalue weighted by Crippen LogP contribution is 2.43. The Morgan fingerprint density at radius 3 is 2.79 bits per heavy atom. The number of carbonyl (C=O) groups is 3. The maximum Gasteiger partial charge on any atom is 0.413 e. The minimum atomic E-state index is -1.11. The number of carboxylic acid groups (broad SMARTS) is 1. The number of rotatable bonds is 11. The van der Waals surface area contributed by atoms with E-state index in [1.165, 1.54) is 4.90 Å². The molecule has 0 radical (unpaired) electrons. The van der Waals surface area contributed by atoms with Gasteiger partial charge in [-0.25, -0.2) is 14.6 Å². The van der Waals surface area contributed by atoms with Crippen molar-refractivity contribution in [3.8, 4) is 0 Å². The number of amides is 3. The Morgan fingerprint density at radius 2 is 2.06 bits per heavy atom. The SMILES string of the molecule is CNCCOCCOC/C=C/c1cnc2c(c1)C1(CCN(C(=O)NCC(=O)O)CC1)OC(=O)N2. The quantitative estimate of drug-likeness (QED) is 0.342. The number of nitrogens with one attached hydrogen (secondary N) is 3. The second-order valence-electron chi connectivity index (χ2n) is 7.91. The molecular weight excluding hydrogens is 446 g/mol. The fraction of sp³-hybridized carbons (Fsp3) is 0.545. The summed E-state index contributed by atoms with van der Waals surface area (Å²) in [4.78, 5) is 40.9. The molecule has 1 aromatic heterocycles. The summed E-state index contributed by atoms with van der Waals surface area (Å²) >= 11 is 0. The molecule has 2 aliphatic rings. The van der Waals surface area contributed by atoms with Crippen LogP contribution in [-0.4, -0.2) is 92.7 Å². The monoisotopic (exact) mass is 477 g/mol. The second kappa shape index (κ2) is 12.3. The maximum absolute atomic E-state index is 12.2. The molecule has 34 heavy (non-hydrogen) atoms. The van der Waals surface area contributed by atoms with Crippen molar-refractivity contribution < 1.29 is 33.7 Å². The first kappa shape index (κ1) is 25.4. The number of anilines is 1. The van der Waals surface area contributed by atoms with Crippen molar-refractivity contribution in [2.45, 2.75) is 18.4 Å². The molecule has 0 aromatic carbocycles. The van der Waals surface area contributed by atoms with Gasteiger partial charge >= 0.3 is 18.1 Å². The van der Waals surface area contributed by atoms with Crippen LogP contribution in [0.1, 0.15) is 24.0 Å². The number of aliphatic carboxylic acids is 1. The van der Waals surface area contributed by atoms with Crippen molar-refractivity contribution in [2.24, 2.45) is 0 Å². The van der Waals surface area contributed by atoms with E-state index >= 15 is 0 Å². The average molecular weight is 478 g/mol. The summed E-state index contributed by atoms with van der Waals surface area (Å²) < 4.78 is 16.6. The van der Waals surface area contributed by atoms with Gasteiger partial charge in [0.05, 0.1) is 26.4 Å². The number of carboxylic acids is 1. The van der Waals surface area contributed by atoms with Gasteiger partial charge in [0.1, 0.15) is 18.0 Å². The van der Waals surface area contributed by atoms with Gasteiger partial charge in [-0.2, -0.15) is 0 Å². The van der Waals surface area contributed by atoms with E-state index < -0.39 is 30.2 Å². The smallest absolute Gasteiger partial charge is 0.413 e. The molecular formula is C22H31N5O7. The van der Waals surface area contributed by atoms with Crippen LogP contribution in [0.2, 0.25) is 0 Å². The second-order valence-corrected chi connectivity index (χ2v) is 7.91.